The van der Waals surface area contributed by atoms with Gasteiger partial charge in [0.1, 0.15) is 23.3 Å². The molecule has 0 saturated carbocycles. The molecule has 1 atom stereocenters. The molecule has 0 radical (unpaired) electrons. The van der Waals surface area contributed by atoms with Gasteiger partial charge in [-0.3, -0.25) is 15.3 Å². The average Bonchev–Trinajstić information content (AvgIpc) is 2.76. The van der Waals surface area contributed by atoms with Gasteiger partial charge in [-0.25, -0.2) is 13.2 Å². The summed E-state index contributed by atoms with van der Waals surface area (Å²) >= 11 is 0. The Balaban J connectivity index is 2.03. The first kappa shape index (κ1) is 13.8. The van der Waals surface area contributed by atoms with E-state index in [0.717, 1.165) is 0 Å². The van der Waals surface area contributed by atoms with Crippen LogP contribution in [0.1, 0.15) is 17.9 Å². The van der Waals surface area contributed by atoms with Crippen molar-refractivity contribution in [3.8, 4) is 0 Å². The number of rotatable bonds is 4. The number of benzene rings is 1. The molecule has 0 amide bonds. The fraction of sp³-hybridized carbons (Fsp3) is 0.417. The van der Waals surface area contributed by atoms with Crippen molar-refractivity contribution in [1.82, 2.24) is 5.48 Å². The van der Waals surface area contributed by atoms with Gasteiger partial charge in [0.25, 0.3) is 0 Å². The van der Waals surface area contributed by atoms with Crippen LogP contribution in [0.25, 0.3) is 0 Å². The summed E-state index contributed by atoms with van der Waals surface area (Å²) in [5.41, 5.74) is 2.34. The molecule has 2 rings (SSSR count). The number of aliphatic imine (C=N–C) groups is 1. The van der Waals surface area contributed by atoms with Crippen molar-refractivity contribution in [2.45, 2.75) is 12.3 Å². The molecule has 7 heteroatoms. The molecule has 1 aromatic carbocycles. The SMILES string of the molecule is OCCONC1=NC[C@@H](c2c(F)cc(F)cc2F)C1. The highest BCUT2D eigenvalue weighted by Gasteiger charge is 2.26. The van der Waals surface area contributed by atoms with Gasteiger partial charge in [-0.15, -0.1) is 0 Å². The van der Waals surface area contributed by atoms with E-state index in [2.05, 4.69) is 10.5 Å². The Kier molecular flexibility index (Phi) is 4.39. The second-order valence-corrected chi connectivity index (χ2v) is 4.15. The predicted octanol–water partition coefficient (Wildman–Crippen LogP) is 1.50. The standard InChI is InChI=1S/C12H13F3N2O2/c13-8-4-9(14)12(10(15)5-8)7-3-11(16-6-7)17-19-2-1-18/h4-5,7,18H,1-3,6H2,(H,16,17)/t7-/m0/s1. The molecule has 1 heterocycles. The van der Waals surface area contributed by atoms with Crippen LogP contribution < -0.4 is 5.48 Å². The van der Waals surface area contributed by atoms with Gasteiger partial charge in [0.2, 0.25) is 0 Å². The number of nitrogens with one attached hydrogen (secondary N) is 1. The first-order valence-corrected chi connectivity index (χ1v) is 5.78. The van der Waals surface area contributed by atoms with E-state index in [4.69, 9.17) is 9.94 Å². The zero-order chi connectivity index (χ0) is 13.8. The minimum Gasteiger partial charge on any atom is -0.394 e. The van der Waals surface area contributed by atoms with Crippen molar-refractivity contribution in [2.75, 3.05) is 19.8 Å². The highest BCUT2D eigenvalue weighted by atomic mass is 19.1. The summed E-state index contributed by atoms with van der Waals surface area (Å²) in [6.45, 7) is 0.137. The van der Waals surface area contributed by atoms with Crippen LogP contribution in [0, 0.1) is 17.5 Å². The summed E-state index contributed by atoms with van der Waals surface area (Å²) in [5.74, 6) is -2.80. The number of aliphatic hydroxyl groups excluding tert-OH is 1. The Morgan fingerprint density at radius 2 is 2.00 bits per heavy atom. The highest BCUT2D eigenvalue weighted by molar-refractivity contribution is 5.83. The molecule has 0 bridgehead atoms. The minimum atomic E-state index is -0.942. The van der Waals surface area contributed by atoms with Crippen LogP contribution in [0.4, 0.5) is 13.2 Å². The lowest BCUT2D eigenvalue weighted by Crippen LogP contribution is -2.24. The topological polar surface area (TPSA) is 53.9 Å². The molecule has 0 aliphatic carbocycles. The van der Waals surface area contributed by atoms with E-state index in [9.17, 15) is 13.2 Å². The maximum absolute atomic E-state index is 13.6. The number of nitrogens with zero attached hydrogens (tertiary/aromatic N) is 1. The molecular weight excluding hydrogens is 261 g/mol. The van der Waals surface area contributed by atoms with E-state index in [0.29, 0.717) is 18.0 Å². The lowest BCUT2D eigenvalue weighted by atomic mass is 9.96. The summed E-state index contributed by atoms with van der Waals surface area (Å²) in [6, 6.07) is 1.32. The summed E-state index contributed by atoms with van der Waals surface area (Å²) in [7, 11) is 0. The molecule has 2 N–H and O–H groups in total. The normalized spacial score (nSPS) is 18.5. The van der Waals surface area contributed by atoms with E-state index in [-0.39, 0.29) is 31.7 Å². The van der Waals surface area contributed by atoms with Crippen LogP contribution in [0.2, 0.25) is 0 Å². The van der Waals surface area contributed by atoms with E-state index in [1.165, 1.54) is 0 Å². The van der Waals surface area contributed by atoms with Crippen molar-refractivity contribution < 1.29 is 23.1 Å². The van der Waals surface area contributed by atoms with Crippen molar-refractivity contribution >= 4 is 5.84 Å². The molecule has 1 aliphatic rings. The molecular formula is C12H13F3N2O2. The molecule has 1 aliphatic heterocycles. The molecule has 1 aromatic rings. The molecule has 4 nitrogen and oxygen atoms in total. The third-order valence-electron chi connectivity index (χ3n) is 2.78. The lowest BCUT2D eigenvalue weighted by molar-refractivity contribution is 0.0525. The summed E-state index contributed by atoms with van der Waals surface area (Å²) in [6.07, 6.45) is 0.269. The van der Waals surface area contributed by atoms with Crippen LogP contribution in [0.15, 0.2) is 17.1 Å². The fourth-order valence-corrected chi connectivity index (χ4v) is 1.97. The van der Waals surface area contributed by atoms with E-state index in [1.54, 1.807) is 0 Å². The molecule has 0 unspecified atom stereocenters. The van der Waals surface area contributed by atoms with Gasteiger partial charge in [0.05, 0.1) is 13.2 Å². The Morgan fingerprint density at radius 1 is 1.32 bits per heavy atom. The van der Waals surface area contributed by atoms with Crippen molar-refractivity contribution in [3.63, 3.8) is 0 Å². The van der Waals surface area contributed by atoms with Gasteiger partial charge in [-0.1, -0.05) is 0 Å². The van der Waals surface area contributed by atoms with Crippen molar-refractivity contribution in [2.24, 2.45) is 4.99 Å². The van der Waals surface area contributed by atoms with Gasteiger partial charge in [0, 0.05) is 36.6 Å². The first-order valence-electron chi connectivity index (χ1n) is 5.78. The van der Waals surface area contributed by atoms with E-state index in [1.807, 2.05) is 0 Å². The monoisotopic (exact) mass is 274 g/mol. The molecule has 0 saturated heterocycles. The summed E-state index contributed by atoms with van der Waals surface area (Å²) < 4.78 is 40.0. The van der Waals surface area contributed by atoms with Crippen LogP contribution in [0.5, 0.6) is 0 Å². The molecule has 19 heavy (non-hydrogen) atoms. The van der Waals surface area contributed by atoms with Crippen molar-refractivity contribution in [1.29, 1.82) is 0 Å². The molecule has 0 fully saturated rings. The van der Waals surface area contributed by atoms with Crippen LogP contribution >= 0.6 is 0 Å². The zero-order valence-electron chi connectivity index (χ0n) is 10.00. The number of aliphatic hydroxyl groups is 1. The van der Waals surface area contributed by atoms with Crippen molar-refractivity contribution in [3.05, 3.63) is 35.1 Å². The maximum atomic E-state index is 13.6. The van der Waals surface area contributed by atoms with Gasteiger partial charge < -0.3 is 5.11 Å². The number of hydroxylamine groups is 1. The zero-order valence-corrected chi connectivity index (χ0v) is 10.00. The molecule has 0 spiro atoms. The van der Waals surface area contributed by atoms with Crippen LogP contribution in [-0.2, 0) is 4.84 Å². The Bertz CT molecular complexity index is 471. The predicted molar refractivity (Wildman–Crippen MR) is 62.1 cm³/mol. The fourth-order valence-electron chi connectivity index (χ4n) is 1.97. The Morgan fingerprint density at radius 3 is 2.63 bits per heavy atom. The van der Waals surface area contributed by atoms with Crippen LogP contribution in [0.3, 0.4) is 0 Å². The quantitative estimate of drug-likeness (QED) is 0.646. The van der Waals surface area contributed by atoms with Gasteiger partial charge in [-0.05, 0) is 0 Å². The summed E-state index contributed by atoms with van der Waals surface area (Å²) in [4.78, 5) is 8.89. The maximum Gasteiger partial charge on any atom is 0.132 e. The molecule has 0 aromatic heterocycles. The number of amidine groups is 1. The Labute approximate surface area is 107 Å². The van der Waals surface area contributed by atoms with Crippen LogP contribution in [-0.4, -0.2) is 30.7 Å². The number of hydrogen-bond acceptors (Lipinski definition) is 4. The van der Waals surface area contributed by atoms with E-state index < -0.39 is 23.4 Å². The van der Waals surface area contributed by atoms with Gasteiger partial charge in [0.15, 0.2) is 0 Å². The highest BCUT2D eigenvalue weighted by Crippen LogP contribution is 2.30. The van der Waals surface area contributed by atoms with E-state index >= 15 is 0 Å². The first-order chi connectivity index (χ1) is 9.11. The molecule has 104 valence electrons. The average molecular weight is 274 g/mol. The second-order valence-electron chi connectivity index (χ2n) is 4.15. The third kappa shape index (κ3) is 3.24. The lowest BCUT2D eigenvalue weighted by Gasteiger charge is -2.12. The van der Waals surface area contributed by atoms with Gasteiger partial charge in [-0.2, -0.15) is 0 Å². The van der Waals surface area contributed by atoms with Gasteiger partial charge >= 0.3 is 0 Å². The number of halogens is 3. The minimum absolute atomic E-state index is 0.0863. The largest absolute Gasteiger partial charge is 0.394 e. The number of hydrogen-bond donors (Lipinski definition) is 2. The third-order valence-corrected chi connectivity index (χ3v) is 2.78. The second kappa shape index (κ2) is 6.03. The smallest absolute Gasteiger partial charge is 0.132 e. The Hall–Kier alpha value is -1.60. The summed E-state index contributed by atoms with van der Waals surface area (Å²) in [5, 5.41) is 8.53.